The zero-order chi connectivity index (χ0) is 27.4. The summed E-state index contributed by atoms with van der Waals surface area (Å²) in [4.78, 5) is 41.1. The molecule has 1 aliphatic rings. The van der Waals surface area contributed by atoms with Gasteiger partial charge in [0.2, 0.25) is 5.91 Å². The second-order valence-corrected chi connectivity index (χ2v) is 11.0. The van der Waals surface area contributed by atoms with E-state index in [1.54, 1.807) is 4.90 Å². The number of fused-ring (bicyclic) bond motifs is 1. The average Bonchev–Trinajstić information content (AvgIpc) is 3.58. The Morgan fingerprint density at radius 1 is 1.05 bits per heavy atom. The summed E-state index contributed by atoms with van der Waals surface area (Å²) in [6.07, 6.45) is 1.93. The minimum atomic E-state index is -0.787. The third kappa shape index (κ3) is 6.23. The Kier molecular flexibility index (Phi) is 8.13. The van der Waals surface area contributed by atoms with Crippen LogP contribution in [0, 0.1) is 0 Å². The summed E-state index contributed by atoms with van der Waals surface area (Å²) in [5.74, 6) is -0.563. The number of nitrogens with one attached hydrogen (secondary N) is 3. The third-order valence-corrected chi connectivity index (χ3v) is 7.93. The van der Waals surface area contributed by atoms with E-state index in [9.17, 15) is 9.59 Å². The Hall–Kier alpha value is -3.89. The quantitative estimate of drug-likeness (QED) is 0.306. The second kappa shape index (κ2) is 11.9. The molecule has 0 spiro atoms. The first-order chi connectivity index (χ1) is 18.9. The summed E-state index contributed by atoms with van der Waals surface area (Å²) >= 11 is 1.39. The Morgan fingerprint density at radius 2 is 1.77 bits per heavy atom. The smallest absolute Gasteiger partial charge is 0.318 e. The number of H-pyrrole nitrogens is 1. The van der Waals surface area contributed by atoms with E-state index in [1.165, 1.54) is 11.3 Å². The lowest BCUT2D eigenvalue weighted by atomic mass is 9.92. The summed E-state index contributed by atoms with van der Waals surface area (Å²) in [7, 11) is 3.96. The van der Waals surface area contributed by atoms with Gasteiger partial charge in [0.1, 0.15) is 6.04 Å². The van der Waals surface area contributed by atoms with Crippen LogP contribution in [0.2, 0.25) is 0 Å². The predicted octanol–water partition coefficient (Wildman–Crippen LogP) is 4.33. The molecule has 0 radical (unpaired) electrons. The van der Waals surface area contributed by atoms with Gasteiger partial charge in [-0.25, -0.2) is 9.78 Å². The van der Waals surface area contributed by atoms with Gasteiger partial charge < -0.3 is 30.3 Å². The molecule has 2 aromatic heterocycles. The number of aromatic amines is 1. The molecule has 2 aromatic carbocycles. The second-order valence-electron chi connectivity index (χ2n) is 10.2. The lowest BCUT2D eigenvalue weighted by molar-refractivity contribution is -0.118. The molecular formula is C29H35N7O2S. The lowest BCUT2D eigenvalue weighted by Crippen LogP contribution is -2.56. The molecule has 10 heteroatoms. The fraction of sp³-hybridized carbons (Fsp3) is 0.345. The van der Waals surface area contributed by atoms with Crippen molar-refractivity contribution in [1.29, 1.82) is 0 Å². The van der Waals surface area contributed by atoms with Gasteiger partial charge in [-0.3, -0.25) is 4.79 Å². The predicted molar refractivity (Wildman–Crippen MR) is 157 cm³/mol. The van der Waals surface area contributed by atoms with E-state index in [2.05, 4.69) is 37.6 Å². The SMILES string of the molecule is C[C@@H](c1c[nH]c2ccccc12)[C@@H](NC(=O)N1CCN(c2ccccc2)CC1)C(=O)Nc1nc(CN(C)C)cs1. The highest BCUT2D eigenvalue weighted by Crippen LogP contribution is 2.29. The number of hydrogen-bond acceptors (Lipinski definition) is 6. The zero-order valence-corrected chi connectivity index (χ0v) is 23.4. The van der Waals surface area contributed by atoms with E-state index in [0.717, 1.165) is 40.9 Å². The first-order valence-electron chi connectivity index (χ1n) is 13.2. The van der Waals surface area contributed by atoms with Crippen LogP contribution in [-0.4, -0.2) is 78.0 Å². The number of carbonyl (C=O) groups excluding carboxylic acids is 2. The third-order valence-electron chi connectivity index (χ3n) is 7.12. The monoisotopic (exact) mass is 545 g/mol. The van der Waals surface area contributed by atoms with E-state index >= 15 is 0 Å². The van der Waals surface area contributed by atoms with Gasteiger partial charge >= 0.3 is 6.03 Å². The van der Waals surface area contributed by atoms with Crippen LogP contribution in [0.15, 0.2) is 66.2 Å². The molecule has 0 saturated carbocycles. The molecule has 3 heterocycles. The highest BCUT2D eigenvalue weighted by atomic mass is 32.1. The zero-order valence-electron chi connectivity index (χ0n) is 22.6. The van der Waals surface area contributed by atoms with E-state index in [-0.39, 0.29) is 17.9 Å². The van der Waals surface area contributed by atoms with Crippen LogP contribution in [0.3, 0.4) is 0 Å². The number of piperazine rings is 1. The van der Waals surface area contributed by atoms with Gasteiger partial charge in [0.25, 0.3) is 0 Å². The fourth-order valence-electron chi connectivity index (χ4n) is 5.04. The normalized spacial score (nSPS) is 15.4. The molecule has 9 nitrogen and oxygen atoms in total. The summed E-state index contributed by atoms with van der Waals surface area (Å²) < 4.78 is 0. The maximum atomic E-state index is 13.7. The van der Waals surface area contributed by atoms with Gasteiger partial charge in [0, 0.05) is 66.8 Å². The molecule has 3 N–H and O–H groups in total. The number of amides is 3. The first-order valence-corrected chi connectivity index (χ1v) is 14.1. The number of nitrogens with zero attached hydrogens (tertiary/aromatic N) is 4. The number of rotatable bonds is 8. The van der Waals surface area contributed by atoms with Crippen LogP contribution in [0.4, 0.5) is 15.6 Å². The minimum absolute atomic E-state index is 0.234. The molecule has 0 unspecified atom stereocenters. The van der Waals surface area contributed by atoms with E-state index < -0.39 is 6.04 Å². The van der Waals surface area contributed by atoms with Crippen LogP contribution in [0.1, 0.15) is 24.1 Å². The highest BCUT2D eigenvalue weighted by Gasteiger charge is 2.32. The first kappa shape index (κ1) is 26.7. The molecule has 5 rings (SSSR count). The minimum Gasteiger partial charge on any atom is -0.368 e. The molecule has 0 bridgehead atoms. The Balaban J connectivity index is 1.32. The fourth-order valence-corrected chi connectivity index (χ4v) is 5.75. The maximum absolute atomic E-state index is 13.7. The molecule has 1 fully saturated rings. The van der Waals surface area contributed by atoms with Crippen molar-refractivity contribution in [2.75, 3.05) is 50.5 Å². The van der Waals surface area contributed by atoms with Gasteiger partial charge in [0.05, 0.1) is 5.69 Å². The van der Waals surface area contributed by atoms with Crippen molar-refractivity contribution in [2.24, 2.45) is 0 Å². The molecule has 1 saturated heterocycles. The Morgan fingerprint density at radius 3 is 2.51 bits per heavy atom. The molecule has 204 valence electrons. The molecular weight excluding hydrogens is 510 g/mol. The van der Waals surface area contributed by atoms with Crippen molar-refractivity contribution in [3.63, 3.8) is 0 Å². The highest BCUT2D eigenvalue weighted by molar-refractivity contribution is 7.13. The van der Waals surface area contributed by atoms with Crippen molar-refractivity contribution in [3.8, 4) is 0 Å². The molecule has 39 heavy (non-hydrogen) atoms. The molecule has 0 aliphatic carbocycles. The molecule has 1 aliphatic heterocycles. The molecule has 3 amide bonds. The Bertz CT molecular complexity index is 1410. The van der Waals surface area contributed by atoms with Crippen molar-refractivity contribution in [1.82, 2.24) is 25.1 Å². The van der Waals surface area contributed by atoms with Crippen molar-refractivity contribution >= 4 is 45.0 Å². The van der Waals surface area contributed by atoms with Crippen LogP contribution < -0.4 is 15.5 Å². The number of para-hydroxylation sites is 2. The van der Waals surface area contributed by atoms with E-state index in [0.29, 0.717) is 24.8 Å². The molecule has 2 atom stereocenters. The van der Waals surface area contributed by atoms with Crippen molar-refractivity contribution in [3.05, 3.63) is 77.4 Å². The van der Waals surface area contributed by atoms with Crippen LogP contribution in [-0.2, 0) is 11.3 Å². The largest absolute Gasteiger partial charge is 0.368 e. The van der Waals surface area contributed by atoms with E-state index in [1.807, 2.05) is 80.0 Å². The summed E-state index contributed by atoms with van der Waals surface area (Å²) in [5, 5.41) is 9.53. The van der Waals surface area contributed by atoms with Crippen LogP contribution in [0.25, 0.3) is 10.9 Å². The standard InChI is InChI=1S/C29H35N7O2S/c1-20(24-17-30-25-12-8-7-11-23(24)25)26(27(37)33-28-31-21(19-39-28)18-34(2)3)32-29(38)36-15-13-35(14-16-36)22-9-5-4-6-10-22/h4-12,17,19-20,26,30H,13-16,18H2,1-3H3,(H,32,38)(H,31,33,37)/t20-,26+/m0/s1. The van der Waals surface area contributed by atoms with Crippen molar-refractivity contribution in [2.45, 2.75) is 25.4 Å². The summed E-state index contributed by atoms with van der Waals surface area (Å²) in [5.41, 5.74) is 4.02. The van der Waals surface area contributed by atoms with Gasteiger partial charge in [0.15, 0.2) is 5.13 Å². The number of benzene rings is 2. The Labute approximate surface area is 232 Å². The number of carbonyl (C=O) groups is 2. The number of urea groups is 1. The maximum Gasteiger partial charge on any atom is 0.318 e. The van der Waals surface area contributed by atoms with Gasteiger partial charge in [-0.2, -0.15) is 0 Å². The van der Waals surface area contributed by atoms with Crippen LogP contribution in [0.5, 0.6) is 0 Å². The topological polar surface area (TPSA) is 96.6 Å². The number of hydrogen-bond donors (Lipinski definition) is 3. The van der Waals surface area contributed by atoms with Gasteiger partial charge in [-0.05, 0) is 37.9 Å². The van der Waals surface area contributed by atoms with Gasteiger partial charge in [-0.15, -0.1) is 11.3 Å². The van der Waals surface area contributed by atoms with Crippen molar-refractivity contribution < 1.29 is 9.59 Å². The number of thiazole rings is 1. The van der Waals surface area contributed by atoms with Gasteiger partial charge in [-0.1, -0.05) is 43.3 Å². The summed E-state index contributed by atoms with van der Waals surface area (Å²) in [6, 6.07) is 17.2. The average molecular weight is 546 g/mol. The lowest BCUT2D eigenvalue weighted by Gasteiger charge is -2.37. The number of aromatic nitrogens is 2. The molecule has 4 aromatic rings. The number of anilines is 2. The van der Waals surface area contributed by atoms with E-state index in [4.69, 9.17) is 0 Å². The summed E-state index contributed by atoms with van der Waals surface area (Å²) in [6.45, 7) is 5.30. The van der Waals surface area contributed by atoms with Crippen LogP contribution >= 0.6 is 11.3 Å².